The van der Waals surface area contributed by atoms with Crippen LogP contribution >= 0.6 is 0 Å². The molecule has 0 aliphatic carbocycles. The summed E-state index contributed by atoms with van der Waals surface area (Å²) in [5.41, 5.74) is 0.708. The molecule has 140 valence electrons. The summed E-state index contributed by atoms with van der Waals surface area (Å²) < 4.78 is 38.8. The summed E-state index contributed by atoms with van der Waals surface area (Å²) in [6.45, 7) is 0.315. The molecular formula is C17H21N3O5S. The van der Waals surface area contributed by atoms with E-state index in [0.717, 1.165) is 0 Å². The van der Waals surface area contributed by atoms with Crippen molar-refractivity contribution < 1.29 is 22.7 Å². The maximum absolute atomic E-state index is 13.1. The molecular weight excluding hydrogens is 358 g/mol. The molecule has 0 radical (unpaired) electrons. The Morgan fingerprint density at radius 2 is 2.00 bits per heavy atom. The van der Waals surface area contributed by atoms with E-state index in [0.29, 0.717) is 24.3 Å². The quantitative estimate of drug-likeness (QED) is 0.719. The second kappa shape index (κ2) is 8.63. The molecule has 1 heterocycles. The molecule has 9 heteroatoms. The zero-order valence-corrected chi connectivity index (χ0v) is 15.6. The van der Waals surface area contributed by atoms with Crippen molar-refractivity contribution in [2.24, 2.45) is 0 Å². The van der Waals surface area contributed by atoms with Crippen molar-refractivity contribution in [3.05, 3.63) is 47.8 Å². The molecule has 0 aliphatic rings. The van der Waals surface area contributed by atoms with Crippen LogP contribution in [0.2, 0.25) is 0 Å². The smallest absolute Gasteiger partial charge is 0.263 e. The zero-order valence-electron chi connectivity index (χ0n) is 14.8. The van der Waals surface area contributed by atoms with Gasteiger partial charge in [0.25, 0.3) is 15.9 Å². The van der Waals surface area contributed by atoms with Crippen molar-refractivity contribution >= 4 is 21.6 Å². The largest absolute Gasteiger partial charge is 0.494 e. The molecule has 1 amide bonds. The molecule has 26 heavy (non-hydrogen) atoms. The average Bonchev–Trinajstić information content (AvgIpc) is 2.65. The van der Waals surface area contributed by atoms with Crippen molar-refractivity contribution in [1.29, 1.82) is 0 Å². The molecule has 8 nitrogen and oxygen atoms in total. The van der Waals surface area contributed by atoms with Gasteiger partial charge in [0.15, 0.2) is 0 Å². The summed E-state index contributed by atoms with van der Waals surface area (Å²) in [5, 5.41) is 2.46. The number of hydrogen-bond acceptors (Lipinski definition) is 6. The average molecular weight is 379 g/mol. The molecule has 0 bridgehead atoms. The monoisotopic (exact) mass is 379 g/mol. The fraction of sp³-hybridized carbons (Fsp3) is 0.294. The summed E-state index contributed by atoms with van der Waals surface area (Å²) in [4.78, 5) is 16.0. The molecule has 0 unspecified atom stereocenters. The molecule has 2 rings (SSSR count). The highest BCUT2D eigenvalue weighted by molar-refractivity contribution is 7.92. The van der Waals surface area contributed by atoms with Crippen molar-refractivity contribution in [2.75, 3.05) is 32.6 Å². The van der Waals surface area contributed by atoms with Gasteiger partial charge in [-0.05, 0) is 18.1 Å². The highest BCUT2D eigenvalue weighted by Gasteiger charge is 2.26. The van der Waals surface area contributed by atoms with E-state index >= 15 is 0 Å². The number of anilines is 1. The minimum absolute atomic E-state index is 0.0523. The Kier molecular flexibility index (Phi) is 6.53. The van der Waals surface area contributed by atoms with Crippen LogP contribution in [0.3, 0.4) is 0 Å². The molecule has 0 fully saturated rings. The number of benzene rings is 1. The van der Waals surface area contributed by atoms with Gasteiger partial charge in [-0.3, -0.25) is 14.5 Å². The predicted octanol–water partition coefficient (Wildman–Crippen LogP) is 1.44. The Balaban J connectivity index is 2.57. The van der Waals surface area contributed by atoms with Gasteiger partial charge in [-0.1, -0.05) is 12.1 Å². The lowest BCUT2D eigenvalue weighted by atomic mass is 10.1. The van der Waals surface area contributed by atoms with E-state index in [2.05, 4.69) is 15.0 Å². The number of methoxy groups -OCH3 is 2. The third-order valence-corrected chi connectivity index (χ3v) is 5.17. The molecule has 0 saturated heterocycles. The number of aromatic nitrogens is 1. The number of pyridine rings is 1. The summed E-state index contributed by atoms with van der Waals surface area (Å²) in [6.07, 6.45) is 3.16. The van der Waals surface area contributed by atoms with Gasteiger partial charge in [0.1, 0.15) is 16.3 Å². The van der Waals surface area contributed by atoms with Crippen LogP contribution in [0.1, 0.15) is 15.9 Å². The van der Waals surface area contributed by atoms with Crippen LogP contribution in [0.5, 0.6) is 5.75 Å². The number of nitrogens with one attached hydrogen (secondary N) is 2. The Morgan fingerprint density at radius 1 is 1.23 bits per heavy atom. The molecule has 2 aromatic rings. The normalized spacial score (nSPS) is 11.0. The number of hydrogen-bond donors (Lipinski definition) is 2. The SMILES string of the molecule is CNC(=O)c1cccc(CCOC)c1S(=O)(=O)Nc1cnccc1OC. The van der Waals surface area contributed by atoms with E-state index in [-0.39, 0.29) is 16.1 Å². The van der Waals surface area contributed by atoms with Gasteiger partial charge in [0.2, 0.25) is 0 Å². The molecule has 1 aromatic heterocycles. The third kappa shape index (κ3) is 4.30. The van der Waals surface area contributed by atoms with E-state index in [9.17, 15) is 13.2 Å². The van der Waals surface area contributed by atoms with Crippen LogP contribution < -0.4 is 14.8 Å². The number of amides is 1. The van der Waals surface area contributed by atoms with Crippen molar-refractivity contribution in [1.82, 2.24) is 10.3 Å². The minimum atomic E-state index is -4.08. The van der Waals surface area contributed by atoms with Crippen LogP contribution in [-0.2, 0) is 21.2 Å². The van der Waals surface area contributed by atoms with Crippen molar-refractivity contribution in [2.45, 2.75) is 11.3 Å². The number of carbonyl (C=O) groups is 1. The molecule has 2 N–H and O–H groups in total. The Labute approximate surface area is 152 Å². The number of nitrogens with zero attached hydrogens (tertiary/aromatic N) is 1. The van der Waals surface area contributed by atoms with E-state index in [4.69, 9.17) is 9.47 Å². The van der Waals surface area contributed by atoms with Crippen LogP contribution in [0.15, 0.2) is 41.6 Å². The first kappa shape index (κ1) is 19.7. The van der Waals surface area contributed by atoms with Crippen LogP contribution in [-0.4, -0.2) is 47.2 Å². The van der Waals surface area contributed by atoms with E-state index in [1.807, 2.05) is 0 Å². The Hall–Kier alpha value is -2.65. The number of ether oxygens (including phenoxy) is 2. The lowest BCUT2D eigenvalue weighted by molar-refractivity contribution is 0.0959. The summed E-state index contributed by atoms with van der Waals surface area (Å²) in [7, 11) is 0.313. The van der Waals surface area contributed by atoms with Crippen molar-refractivity contribution in [3.8, 4) is 5.75 Å². The summed E-state index contributed by atoms with van der Waals surface area (Å²) in [6, 6.07) is 6.29. The first-order valence-electron chi connectivity index (χ1n) is 7.78. The topological polar surface area (TPSA) is 107 Å². The van der Waals surface area contributed by atoms with E-state index < -0.39 is 15.9 Å². The first-order valence-corrected chi connectivity index (χ1v) is 9.26. The van der Waals surface area contributed by atoms with Crippen LogP contribution in [0, 0.1) is 0 Å². The number of sulfonamides is 1. The summed E-state index contributed by atoms with van der Waals surface area (Å²) >= 11 is 0. The maximum atomic E-state index is 13.1. The van der Waals surface area contributed by atoms with E-state index in [1.165, 1.54) is 45.8 Å². The van der Waals surface area contributed by atoms with Crippen LogP contribution in [0.25, 0.3) is 0 Å². The number of rotatable bonds is 8. The Bertz CT molecular complexity index is 884. The van der Waals surface area contributed by atoms with E-state index in [1.54, 1.807) is 12.1 Å². The third-order valence-electron chi connectivity index (χ3n) is 3.66. The van der Waals surface area contributed by atoms with Gasteiger partial charge in [0.05, 0.1) is 25.5 Å². The van der Waals surface area contributed by atoms with Gasteiger partial charge < -0.3 is 14.8 Å². The highest BCUT2D eigenvalue weighted by atomic mass is 32.2. The second-order valence-corrected chi connectivity index (χ2v) is 6.92. The standard InChI is InChI=1S/C17H21N3O5S/c1-18-17(21)13-6-4-5-12(8-10-24-2)16(13)26(22,23)20-14-11-19-9-7-15(14)25-3/h4-7,9,11,20H,8,10H2,1-3H3,(H,18,21). The molecule has 0 saturated carbocycles. The maximum Gasteiger partial charge on any atom is 0.263 e. The van der Waals surface area contributed by atoms with Gasteiger partial charge in [-0.25, -0.2) is 8.42 Å². The first-order chi connectivity index (χ1) is 12.4. The molecule has 0 atom stereocenters. The van der Waals surface area contributed by atoms with Gasteiger partial charge in [0, 0.05) is 26.4 Å². The molecule has 0 spiro atoms. The summed E-state index contributed by atoms with van der Waals surface area (Å²) in [5.74, 6) is -0.178. The predicted molar refractivity (Wildman–Crippen MR) is 97.0 cm³/mol. The van der Waals surface area contributed by atoms with Crippen LogP contribution in [0.4, 0.5) is 5.69 Å². The van der Waals surface area contributed by atoms with Gasteiger partial charge in [-0.2, -0.15) is 0 Å². The lowest BCUT2D eigenvalue weighted by Crippen LogP contribution is -2.25. The lowest BCUT2D eigenvalue weighted by Gasteiger charge is -2.16. The fourth-order valence-electron chi connectivity index (χ4n) is 2.46. The molecule has 0 aliphatic heterocycles. The number of carbonyl (C=O) groups excluding carboxylic acids is 1. The second-order valence-electron chi connectivity index (χ2n) is 5.30. The Morgan fingerprint density at radius 3 is 2.65 bits per heavy atom. The van der Waals surface area contributed by atoms with Gasteiger partial charge >= 0.3 is 0 Å². The fourth-order valence-corrected chi connectivity index (χ4v) is 3.97. The van der Waals surface area contributed by atoms with Gasteiger partial charge in [-0.15, -0.1) is 0 Å². The van der Waals surface area contributed by atoms with Crippen molar-refractivity contribution in [3.63, 3.8) is 0 Å². The molecule has 1 aromatic carbocycles. The minimum Gasteiger partial charge on any atom is -0.494 e. The highest BCUT2D eigenvalue weighted by Crippen LogP contribution is 2.28. The zero-order chi connectivity index (χ0) is 19.2.